The lowest BCUT2D eigenvalue weighted by molar-refractivity contribution is -0.0629. The summed E-state index contributed by atoms with van der Waals surface area (Å²) < 4.78 is 17.1. The number of aliphatic hydroxyl groups is 1. The van der Waals surface area contributed by atoms with Gasteiger partial charge in [-0.3, -0.25) is 0 Å². The van der Waals surface area contributed by atoms with Gasteiger partial charge in [-0.1, -0.05) is 38.1 Å². The Bertz CT molecular complexity index is 852. The number of methoxy groups -OCH3 is 3. The molecule has 0 amide bonds. The minimum atomic E-state index is -0.396. The number of nitrogens with zero attached hydrogens (tertiary/aromatic N) is 1. The second-order valence-corrected chi connectivity index (χ2v) is 8.89. The average molecular weight is 444 g/mol. The number of ether oxygens (including phenoxy) is 3. The van der Waals surface area contributed by atoms with Gasteiger partial charge in [0.1, 0.15) is 11.5 Å². The second-order valence-electron chi connectivity index (χ2n) is 8.89. The zero-order valence-corrected chi connectivity index (χ0v) is 20.9. The van der Waals surface area contributed by atoms with Crippen molar-refractivity contribution in [1.82, 2.24) is 4.90 Å². The molecular formula is C27H41NO4. The van der Waals surface area contributed by atoms with Gasteiger partial charge < -0.3 is 24.2 Å². The Morgan fingerprint density at radius 1 is 0.969 bits per heavy atom. The van der Waals surface area contributed by atoms with Crippen molar-refractivity contribution in [3.8, 4) is 11.5 Å². The molecule has 0 heterocycles. The Kier molecular flexibility index (Phi) is 10.0. The molecule has 0 bridgehead atoms. The maximum atomic E-state index is 9.56. The highest BCUT2D eigenvalue weighted by molar-refractivity contribution is 5.40. The van der Waals surface area contributed by atoms with E-state index >= 15 is 0 Å². The van der Waals surface area contributed by atoms with Crippen molar-refractivity contribution in [2.45, 2.75) is 52.2 Å². The summed E-state index contributed by atoms with van der Waals surface area (Å²) in [6, 6.07) is 12.5. The molecule has 1 N–H and O–H groups in total. The third-order valence-corrected chi connectivity index (χ3v) is 6.59. The van der Waals surface area contributed by atoms with Gasteiger partial charge in [-0.25, -0.2) is 0 Å². The standard InChI is InChI=1S/C27H41NO4/c1-20(2)27(32-7,24-12-11-23(19-29)26(18-24)31-6)14-8-15-28(4)16-13-22-10-9-21(3)25(17-22)30-5/h9-12,17-18,20,29H,8,13-16,19H2,1-7H3. The van der Waals surface area contributed by atoms with E-state index in [1.165, 1.54) is 5.56 Å². The van der Waals surface area contributed by atoms with Gasteiger partial charge in [-0.05, 0) is 74.5 Å². The van der Waals surface area contributed by atoms with Crippen molar-refractivity contribution >= 4 is 0 Å². The van der Waals surface area contributed by atoms with Gasteiger partial charge in [-0.2, -0.15) is 0 Å². The quantitative estimate of drug-likeness (QED) is 0.474. The molecule has 0 aliphatic rings. The smallest absolute Gasteiger partial charge is 0.124 e. The molecule has 1 atom stereocenters. The second kappa shape index (κ2) is 12.2. The molecule has 0 aromatic heterocycles. The Balaban J connectivity index is 2.02. The highest BCUT2D eigenvalue weighted by Gasteiger charge is 2.36. The molecule has 32 heavy (non-hydrogen) atoms. The Morgan fingerprint density at radius 2 is 1.69 bits per heavy atom. The molecule has 178 valence electrons. The fourth-order valence-electron chi connectivity index (χ4n) is 4.42. The Labute approximate surface area is 194 Å². The predicted molar refractivity (Wildman–Crippen MR) is 131 cm³/mol. The van der Waals surface area contributed by atoms with E-state index in [0.29, 0.717) is 11.7 Å². The summed E-state index contributed by atoms with van der Waals surface area (Å²) in [5.74, 6) is 1.95. The third-order valence-electron chi connectivity index (χ3n) is 6.59. The van der Waals surface area contributed by atoms with Crippen LogP contribution in [0.4, 0.5) is 0 Å². The molecule has 0 aliphatic carbocycles. The summed E-state index contributed by atoms with van der Waals surface area (Å²) in [6.07, 6.45) is 2.92. The predicted octanol–water partition coefficient (Wildman–Crippen LogP) is 4.96. The van der Waals surface area contributed by atoms with Gasteiger partial charge in [0.25, 0.3) is 0 Å². The van der Waals surface area contributed by atoms with Gasteiger partial charge in [-0.15, -0.1) is 0 Å². The first-order valence-electron chi connectivity index (χ1n) is 11.5. The fraction of sp³-hybridized carbons (Fsp3) is 0.556. The van der Waals surface area contributed by atoms with Crippen LogP contribution in [0.2, 0.25) is 0 Å². The first-order valence-corrected chi connectivity index (χ1v) is 11.5. The first kappa shape index (κ1) is 26.2. The van der Waals surface area contributed by atoms with Gasteiger partial charge in [0.2, 0.25) is 0 Å². The highest BCUT2D eigenvalue weighted by Crippen LogP contribution is 2.40. The van der Waals surface area contributed by atoms with Crippen molar-refractivity contribution in [3.05, 3.63) is 58.7 Å². The molecule has 2 aromatic carbocycles. The van der Waals surface area contributed by atoms with E-state index in [1.807, 2.05) is 12.1 Å². The summed E-state index contributed by atoms with van der Waals surface area (Å²) in [7, 11) is 7.33. The first-order chi connectivity index (χ1) is 15.3. The molecule has 2 aromatic rings. The molecule has 0 fully saturated rings. The Hall–Kier alpha value is -2.08. The fourth-order valence-corrected chi connectivity index (χ4v) is 4.42. The van der Waals surface area contributed by atoms with E-state index in [9.17, 15) is 5.11 Å². The molecule has 5 heteroatoms. The van der Waals surface area contributed by atoms with Crippen LogP contribution in [0, 0.1) is 12.8 Å². The summed E-state index contributed by atoms with van der Waals surface area (Å²) in [5.41, 5.74) is 3.95. The molecule has 5 nitrogen and oxygen atoms in total. The minimum Gasteiger partial charge on any atom is -0.496 e. The van der Waals surface area contributed by atoms with Crippen LogP contribution in [-0.2, 0) is 23.4 Å². The summed E-state index contributed by atoms with van der Waals surface area (Å²) in [6.45, 7) is 8.41. The van der Waals surface area contributed by atoms with Crippen LogP contribution in [0.1, 0.15) is 48.9 Å². The summed E-state index contributed by atoms with van der Waals surface area (Å²) in [4.78, 5) is 2.38. The van der Waals surface area contributed by atoms with E-state index in [2.05, 4.69) is 57.0 Å². The van der Waals surface area contributed by atoms with Crippen LogP contribution in [0.15, 0.2) is 36.4 Å². The number of aryl methyl sites for hydroxylation is 1. The monoisotopic (exact) mass is 443 g/mol. The molecule has 0 spiro atoms. The number of aliphatic hydroxyl groups excluding tert-OH is 1. The zero-order chi connectivity index (χ0) is 23.7. The molecule has 0 saturated carbocycles. The van der Waals surface area contributed by atoms with E-state index in [0.717, 1.165) is 54.8 Å². The van der Waals surface area contributed by atoms with Crippen molar-refractivity contribution in [1.29, 1.82) is 0 Å². The SMILES string of the molecule is COc1cc(CCN(C)CCCC(OC)(c2ccc(CO)c(OC)c2)C(C)C)ccc1C. The molecule has 0 radical (unpaired) electrons. The van der Waals surface area contributed by atoms with Crippen LogP contribution >= 0.6 is 0 Å². The topological polar surface area (TPSA) is 51.2 Å². The largest absolute Gasteiger partial charge is 0.496 e. The van der Waals surface area contributed by atoms with Crippen LogP contribution in [0.3, 0.4) is 0 Å². The highest BCUT2D eigenvalue weighted by atomic mass is 16.5. The third kappa shape index (κ3) is 6.25. The van der Waals surface area contributed by atoms with E-state index < -0.39 is 5.60 Å². The van der Waals surface area contributed by atoms with Crippen LogP contribution in [-0.4, -0.2) is 51.5 Å². The summed E-state index contributed by atoms with van der Waals surface area (Å²) >= 11 is 0. The zero-order valence-electron chi connectivity index (χ0n) is 20.9. The van der Waals surface area contributed by atoms with Crippen LogP contribution in [0.5, 0.6) is 11.5 Å². The number of rotatable bonds is 13. The van der Waals surface area contributed by atoms with Crippen molar-refractivity contribution in [3.63, 3.8) is 0 Å². The average Bonchev–Trinajstić information content (AvgIpc) is 2.80. The van der Waals surface area contributed by atoms with E-state index in [-0.39, 0.29) is 6.61 Å². The maximum absolute atomic E-state index is 9.56. The Morgan fingerprint density at radius 3 is 2.28 bits per heavy atom. The van der Waals surface area contributed by atoms with Crippen LogP contribution < -0.4 is 9.47 Å². The minimum absolute atomic E-state index is 0.0389. The lowest BCUT2D eigenvalue weighted by Gasteiger charge is -2.38. The molecule has 1 unspecified atom stereocenters. The molecular weight excluding hydrogens is 402 g/mol. The lowest BCUT2D eigenvalue weighted by atomic mass is 9.79. The normalized spacial score (nSPS) is 13.4. The van der Waals surface area contributed by atoms with Gasteiger partial charge in [0, 0.05) is 19.2 Å². The molecule has 0 saturated heterocycles. The number of benzene rings is 2. The van der Waals surface area contributed by atoms with Crippen molar-refractivity contribution < 1.29 is 19.3 Å². The van der Waals surface area contributed by atoms with E-state index in [1.54, 1.807) is 21.3 Å². The van der Waals surface area contributed by atoms with Gasteiger partial charge in [0.05, 0.1) is 26.4 Å². The van der Waals surface area contributed by atoms with Crippen molar-refractivity contribution in [2.75, 3.05) is 41.5 Å². The van der Waals surface area contributed by atoms with Crippen LogP contribution in [0.25, 0.3) is 0 Å². The number of hydrogen-bond donors (Lipinski definition) is 1. The molecule has 0 aliphatic heterocycles. The van der Waals surface area contributed by atoms with E-state index in [4.69, 9.17) is 14.2 Å². The number of likely N-dealkylation sites (N-methyl/N-ethyl adjacent to an activating group) is 1. The van der Waals surface area contributed by atoms with Crippen molar-refractivity contribution in [2.24, 2.45) is 5.92 Å². The number of hydrogen-bond acceptors (Lipinski definition) is 5. The van der Waals surface area contributed by atoms with Gasteiger partial charge >= 0.3 is 0 Å². The maximum Gasteiger partial charge on any atom is 0.124 e. The van der Waals surface area contributed by atoms with Gasteiger partial charge in [0.15, 0.2) is 0 Å². The molecule has 2 rings (SSSR count). The summed E-state index contributed by atoms with van der Waals surface area (Å²) in [5, 5.41) is 9.56. The lowest BCUT2D eigenvalue weighted by Crippen LogP contribution is -2.36.